The van der Waals surface area contributed by atoms with Gasteiger partial charge in [-0.1, -0.05) is 0 Å². The number of rotatable bonds is 5. The van der Waals surface area contributed by atoms with Gasteiger partial charge in [0.1, 0.15) is 0 Å². The van der Waals surface area contributed by atoms with Crippen molar-refractivity contribution < 1.29 is 4.74 Å². The number of ether oxygens (including phenoxy) is 1. The third kappa shape index (κ3) is 3.25. The monoisotopic (exact) mass is 186 g/mol. The van der Waals surface area contributed by atoms with Gasteiger partial charge in [-0.3, -0.25) is 4.90 Å². The van der Waals surface area contributed by atoms with Crippen LogP contribution in [-0.2, 0) is 4.74 Å². The zero-order chi connectivity index (χ0) is 9.68. The summed E-state index contributed by atoms with van der Waals surface area (Å²) in [6, 6.07) is 1.23. The van der Waals surface area contributed by atoms with E-state index in [9.17, 15) is 0 Å². The van der Waals surface area contributed by atoms with Crippen molar-refractivity contribution in [3.8, 4) is 0 Å². The van der Waals surface area contributed by atoms with Gasteiger partial charge in [0.15, 0.2) is 0 Å². The van der Waals surface area contributed by atoms with Gasteiger partial charge in [0.05, 0.1) is 6.61 Å². The fourth-order valence-corrected chi connectivity index (χ4v) is 1.98. The van der Waals surface area contributed by atoms with Gasteiger partial charge in [-0.25, -0.2) is 0 Å². The molecule has 0 spiro atoms. The van der Waals surface area contributed by atoms with Crippen LogP contribution in [0.15, 0.2) is 0 Å². The highest BCUT2D eigenvalue weighted by Gasteiger charge is 2.22. The van der Waals surface area contributed by atoms with E-state index < -0.39 is 0 Å². The van der Waals surface area contributed by atoms with Crippen LogP contribution in [0.3, 0.4) is 0 Å². The van der Waals surface area contributed by atoms with Crippen molar-refractivity contribution in [2.75, 3.05) is 33.9 Å². The summed E-state index contributed by atoms with van der Waals surface area (Å²) in [6.07, 6.45) is 2.70. The van der Waals surface area contributed by atoms with E-state index in [4.69, 9.17) is 4.74 Å². The maximum absolute atomic E-state index is 5.15. The van der Waals surface area contributed by atoms with Crippen LogP contribution in [0.5, 0.6) is 0 Å². The Bertz CT molecular complexity index is 141. The Morgan fingerprint density at radius 2 is 2.38 bits per heavy atom. The van der Waals surface area contributed by atoms with Crippen molar-refractivity contribution in [3.05, 3.63) is 0 Å². The van der Waals surface area contributed by atoms with Crippen molar-refractivity contribution in [2.45, 2.75) is 31.8 Å². The first-order valence-electron chi connectivity index (χ1n) is 5.18. The fraction of sp³-hybridized carbons (Fsp3) is 1.00. The lowest BCUT2D eigenvalue weighted by Crippen LogP contribution is -2.43. The lowest BCUT2D eigenvalue weighted by Gasteiger charge is -2.26. The number of hydrogen-bond acceptors (Lipinski definition) is 3. The molecule has 1 fully saturated rings. The second kappa shape index (κ2) is 5.58. The van der Waals surface area contributed by atoms with Crippen molar-refractivity contribution in [2.24, 2.45) is 0 Å². The highest BCUT2D eigenvalue weighted by molar-refractivity contribution is 4.79. The Hall–Kier alpha value is -0.120. The van der Waals surface area contributed by atoms with Crippen molar-refractivity contribution in [1.82, 2.24) is 10.2 Å². The number of nitrogens with one attached hydrogen (secondary N) is 1. The Balaban J connectivity index is 2.27. The van der Waals surface area contributed by atoms with E-state index in [-0.39, 0.29) is 0 Å². The van der Waals surface area contributed by atoms with E-state index in [0.29, 0.717) is 6.04 Å². The Morgan fingerprint density at radius 1 is 1.62 bits per heavy atom. The maximum Gasteiger partial charge on any atom is 0.0628 e. The molecule has 2 unspecified atom stereocenters. The lowest BCUT2D eigenvalue weighted by molar-refractivity contribution is 0.139. The number of likely N-dealkylation sites (tertiary alicyclic amines) is 1. The Labute approximate surface area is 81.4 Å². The fourth-order valence-electron chi connectivity index (χ4n) is 1.98. The molecule has 1 rings (SSSR count). The summed E-state index contributed by atoms with van der Waals surface area (Å²) in [5.41, 5.74) is 0. The quantitative estimate of drug-likeness (QED) is 0.684. The minimum Gasteiger partial charge on any atom is -0.383 e. The van der Waals surface area contributed by atoms with E-state index in [1.165, 1.54) is 19.4 Å². The minimum absolute atomic E-state index is 0.477. The van der Waals surface area contributed by atoms with Gasteiger partial charge in [0.25, 0.3) is 0 Å². The highest BCUT2D eigenvalue weighted by atomic mass is 16.5. The van der Waals surface area contributed by atoms with Gasteiger partial charge in [-0.2, -0.15) is 0 Å². The molecule has 1 N–H and O–H groups in total. The molecule has 0 aliphatic carbocycles. The van der Waals surface area contributed by atoms with Crippen LogP contribution in [-0.4, -0.2) is 50.8 Å². The lowest BCUT2D eigenvalue weighted by atomic mass is 10.2. The molecule has 2 atom stereocenters. The van der Waals surface area contributed by atoms with E-state index in [2.05, 4.69) is 17.1 Å². The van der Waals surface area contributed by atoms with Gasteiger partial charge >= 0.3 is 0 Å². The molecule has 0 saturated carbocycles. The van der Waals surface area contributed by atoms with Crippen molar-refractivity contribution >= 4 is 0 Å². The van der Waals surface area contributed by atoms with Crippen LogP contribution in [0.25, 0.3) is 0 Å². The molecule has 1 heterocycles. The van der Waals surface area contributed by atoms with Crippen LogP contribution >= 0.6 is 0 Å². The molecule has 0 radical (unpaired) electrons. The summed E-state index contributed by atoms with van der Waals surface area (Å²) in [7, 11) is 3.77. The molecule has 1 saturated heterocycles. The Morgan fingerprint density at radius 3 is 2.85 bits per heavy atom. The SMILES string of the molecule is CNC(COC)CN1CCCC1C. The van der Waals surface area contributed by atoms with Gasteiger partial charge in [-0.15, -0.1) is 0 Å². The molecule has 1 aliphatic rings. The van der Waals surface area contributed by atoms with Gasteiger partial charge in [0, 0.05) is 25.7 Å². The van der Waals surface area contributed by atoms with E-state index in [0.717, 1.165) is 19.2 Å². The predicted octanol–water partition coefficient (Wildman–Crippen LogP) is 0.705. The number of methoxy groups -OCH3 is 1. The van der Waals surface area contributed by atoms with Crippen LogP contribution < -0.4 is 5.32 Å². The van der Waals surface area contributed by atoms with Crippen molar-refractivity contribution in [3.63, 3.8) is 0 Å². The van der Waals surface area contributed by atoms with Crippen LogP contribution in [0.4, 0.5) is 0 Å². The van der Waals surface area contributed by atoms with Gasteiger partial charge in [0.2, 0.25) is 0 Å². The van der Waals surface area contributed by atoms with Gasteiger partial charge in [-0.05, 0) is 33.4 Å². The van der Waals surface area contributed by atoms with E-state index in [1.54, 1.807) is 7.11 Å². The summed E-state index contributed by atoms with van der Waals surface area (Å²) in [6.45, 7) is 5.49. The summed E-state index contributed by atoms with van der Waals surface area (Å²) in [5.74, 6) is 0. The topological polar surface area (TPSA) is 24.5 Å². The van der Waals surface area contributed by atoms with E-state index >= 15 is 0 Å². The third-order valence-electron chi connectivity index (χ3n) is 2.92. The first-order valence-corrected chi connectivity index (χ1v) is 5.18. The molecular weight excluding hydrogens is 164 g/mol. The molecule has 0 aromatic heterocycles. The molecule has 1 aliphatic heterocycles. The minimum atomic E-state index is 0.477. The first kappa shape index (κ1) is 11.0. The second-order valence-electron chi connectivity index (χ2n) is 3.93. The average Bonchev–Trinajstić information content (AvgIpc) is 2.51. The van der Waals surface area contributed by atoms with Crippen LogP contribution in [0.1, 0.15) is 19.8 Å². The number of likely N-dealkylation sites (N-methyl/N-ethyl adjacent to an activating group) is 1. The molecular formula is C10H22N2O. The average molecular weight is 186 g/mol. The summed E-state index contributed by atoms with van der Waals surface area (Å²) < 4.78 is 5.15. The normalized spacial score (nSPS) is 26.5. The third-order valence-corrected chi connectivity index (χ3v) is 2.92. The molecule has 3 heteroatoms. The molecule has 0 aromatic rings. The zero-order valence-corrected chi connectivity index (χ0v) is 9.05. The molecule has 13 heavy (non-hydrogen) atoms. The molecule has 0 aromatic carbocycles. The predicted molar refractivity (Wildman–Crippen MR) is 55.0 cm³/mol. The Kier molecular flexibility index (Phi) is 4.70. The standard InChI is InChI=1S/C10H22N2O/c1-9-5-4-6-12(9)7-10(11-2)8-13-3/h9-11H,4-8H2,1-3H3. The largest absolute Gasteiger partial charge is 0.383 e. The summed E-state index contributed by atoms with van der Waals surface area (Å²) >= 11 is 0. The summed E-state index contributed by atoms with van der Waals surface area (Å²) in [4.78, 5) is 2.54. The smallest absolute Gasteiger partial charge is 0.0628 e. The molecule has 0 bridgehead atoms. The highest BCUT2D eigenvalue weighted by Crippen LogP contribution is 2.16. The van der Waals surface area contributed by atoms with E-state index in [1.807, 2.05) is 7.05 Å². The second-order valence-corrected chi connectivity index (χ2v) is 3.93. The van der Waals surface area contributed by atoms with Crippen LogP contribution in [0, 0.1) is 0 Å². The van der Waals surface area contributed by atoms with Gasteiger partial charge < -0.3 is 10.1 Å². The van der Waals surface area contributed by atoms with Crippen molar-refractivity contribution in [1.29, 1.82) is 0 Å². The van der Waals surface area contributed by atoms with Crippen LogP contribution in [0.2, 0.25) is 0 Å². The first-order chi connectivity index (χ1) is 6.27. The molecule has 0 amide bonds. The zero-order valence-electron chi connectivity index (χ0n) is 9.05. The molecule has 78 valence electrons. The summed E-state index contributed by atoms with van der Waals surface area (Å²) in [5, 5.41) is 3.28. The number of nitrogens with zero attached hydrogens (tertiary/aromatic N) is 1. The molecule has 3 nitrogen and oxygen atoms in total. The maximum atomic E-state index is 5.15. The number of hydrogen-bond donors (Lipinski definition) is 1.